The number of hydrogen-bond donors (Lipinski definition) is 2. The highest BCUT2D eigenvalue weighted by Crippen LogP contribution is 2.25. The summed E-state index contributed by atoms with van der Waals surface area (Å²) in [6.07, 6.45) is 1.75. The molecule has 3 rings (SSSR count). The van der Waals surface area contributed by atoms with Crippen molar-refractivity contribution < 1.29 is 9.47 Å². The highest BCUT2D eigenvalue weighted by molar-refractivity contribution is 14.0. The van der Waals surface area contributed by atoms with Crippen molar-refractivity contribution in [1.82, 2.24) is 20.5 Å². The van der Waals surface area contributed by atoms with E-state index in [0.29, 0.717) is 18.5 Å². The number of halogens is 1. The fourth-order valence-corrected chi connectivity index (χ4v) is 3.91. The van der Waals surface area contributed by atoms with E-state index in [4.69, 9.17) is 9.47 Å². The van der Waals surface area contributed by atoms with E-state index in [9.17, 15) is 0 Å². The van der Waals surface area contributed by atoms with Crippen LogP contribution in [0.15, 0.2) is 40.8 Å². The summed E-state index contributed by atoms with van der Waals surface area (Å²) in [5.74, 6) is 1.39. The van der Waals surface area contributed by atoms with Gasteiger partial charge in [0.1, 0.15) is 0 Å². The minimum Gasteiger partial charge on any atom is -0.481 e. The Bertz CT molecular complexity index is 723. The number of nitrogens with zero attached hydrogens (tertiary/aromatic N) is 3. The third kappa shape index (κ3) is 6.57. The van der Waals surface area contributed by atoms with Crippen molar-refractivity contribution in [1.29, 1.82) is 0 Å². The molecular weight excluding hydrogens is 489 g/mol. The first kappa shape index (κ1) is 22.9. The zero-order chi connectivity index (χ0) is 18.9. The number of thiophene rings is 1. The summed E-state index contributed by atoms with van der Waals surface area (Å²) < 4.78 is 10.7. The molecule has 1 atom stereocenters. The Balaban J connectivity index is 0.00000280. The first-order valence-corrected chi connectivity index (χ1v) is 9.96. The van der Waals surface area contributed by atoms with Gasteiger partial charge in [-0.05, 0) is 23.1 Å². The van der Waals surface area contributed by atoms with E-state index in [1.165, 1.54) is 4.88 Å². The molecule has 0 saturated carbocycles. The molecule has 9 heteroatoms. The zero-order valence-electron chi connectivity index (χ0n) is 16.3. The summed E-state index contributed by atoms with van der Waals surface area (Å²) in [6, 6.07) is 8.50. The highest BCUT2D eigenvalue weighted by atomic mass is 127. The van der Waals surface area contributed by atoms with Gasteiger partial charge in [-0.2, -0.15) is 0 Å². The van der Waals surface area contributed by atoms with Crippen LogP contribution in [0.25, 0.3) is 0 Å². The van der Waals surface area contributed by atoms with Gasteiger partial charge in [0, 0.05) is 50.4 Å². The van der Waals surface area contributed by atoms with E-state index >= 15 is 0 Å². The fourth-order valence-electron chi connectivity index (χ4n) is 3.05. The van der Waals surface area contributed by atoms with Crippen LogP contribution >= 0.6 is 35.3 Å². The molecule has 0 amide bonds. The van der Waals surface area contributed by atoms with Crippen molar-refractivity contribution >= 4 is 41.3 Å². The summed E-state index contributed by atoms with van der Waals surface area (Å²) in [4.78, 5) is 12.3. The van der Waals surface area contributed by atoms with E-state index < -0.39 is 0 Å². The van der Waals surface area contributed by atoms with Gasteiger partial charge in [0.05, 0.1) is 26.4 Å². The van der Waals surface area contributed by atoms with E-state index in [0.717, 1.165) is 44.4 Å². The van der Waals surface area contributed by atoms with Crippen LogP contribution in [0.3, 0.4) is 0 Å². The van der Waals surface area contributed by atoms with Crippen molar-refractivity contribution in [3.8, 4) is 5.88 Å². The van der Waals surface area contributed by atoms with Gasteiger partial charge in [-0.25, -0.2) is 4.98 Å². The van der Waals surface area contributed by atoms with Crippen molar-refractivity contribution in [2.45, 2.75) is 12.6 Å². The molecule has 28 heavy (non-hydrogen) atoms. The van der Waals surface area contributed by atoms with Gasteiger partial charge in [-0.3, -0.25) is 9.89 Å². The first-order chi connectivity index (χ1) is 13.3. The molecule has 0 aromatic carbocycles. The van der Waals surface area contributed by atoms with Crippen LogP contribution < -0.4 is 15.4 Å². The number of nitrogens with one attached hydrogen (secondary N) is 2. The average molecular weight is 517 g/mol. The number of aromatic nitrogens is 1. The molecule has 0 spiro atoms. The number of methoxy groups -OCH3 is 1. The number of pyridine rings is 1. The van der Waals surface area contributed by atoms with Crippen LogP contribution in [-0.4, -0.2) is 62.8 Å². The van der Waals surface area contributed by atoms with E-state index in [1.54, 1.807) is 31.7 Å². The number of ether oxygens (including phenoxy) is 2. The van der Waals surface area contributed by atoms with Crippen LogP contribution in [-0.2, 0) is 11.3 Å². The molecule has 7 nitrogen and oxygen atoms in total. The maximum absolute atomic E-state index is 5.51. The number of rotatable bonds is 7. The lowest BCUT2D eigenvalue weighted by molar-refractivity contribution is 0.0177. The molecule has 0 radical (unpaired) electrons. The second-order valence-corrected chi connectivity index (χ2v) is 7.17. The molecule has 2 N–H and O–H groups in total. The zero-order valence-corrected chi connectivity index (χ0v) is 19.4. The molecule has 0 aliphatic carbocycles. The molecule has 1 unspecified atom stereocenters. The molecule has 3 heterocycles. The lowest BCUT2D eigenvalue weighted by Crippen LogP contribution is -2.46. The second-order valence-electron chi connectivity index (χ2n) is 6.19. The Kier molecular flexibility index (Phi) is 9.96. The van der Waals surface area contributed by atoms with Crippen LogP contribution in [0.2, 0.25) is 0 Å². The Labute approximate surface area is 187 Å². The quantitative estimate of drug-likeness (QED) is 0.334. The van der Waals surface area contributed by atoms with Crippen molar-refractivity contribution in [3.05, 3.63) is 46.3 Å². The normalized spacial score (nSPS) is 16.1. The lowest BCUT2D eigenvalue weighted by Gasteiger charge is -2.34. The summed E-state index contributed by atoms with van der Waals surface area (Å²) in [5.41, 5.74) is 1.09. The van der Waals surface area contributed by atoms with Gasteiger partial charge in [0.15, 0.2) is 5.96 Å². The van der Waals surface area contributed by atoms with Crippen LogP contribution in [0, 0.1) is 0 Å². The van der Waals surface area contributed by atoms with Gasteiger partial charge in [0.25, 0.3) is 0 Å². The maximum Gasteiger partial charge on any atom is 0.213 e. The van der Waals surface area contributed by atoms with Gasteiger partial charge in [-0.15, -0.1) is 35.3 Å². The van der Waals surface area contributed by atoms with Crippen molar-refractivity contribution in [2.75, 3.05) is 47.0 Å². The third-order valence-corrected chi connectivity index (χ3v) is 5.49. The number of guanidine groups is 1. The van der Waals surface area contributed by atoms with Crippen molar-refractivity contribution in [2.24, 2.45) is 4.99 Å². The highest BCUT2D eigenvalue weighted by Gasteiger charge is 2.23. The summed E-state index contributed by atoms with van der Waals surface area (Å²) in [6.45, 7) is 4.93. The monoisotopic (exact) mass is 517 g/mol. The van der Waals surface area contributed by atoms with Gasteiger partial charge < -0.3 is 20.1 Å². The van der Waals surface area contributed by atoms with Crippen LogP contribution in [0.1, 0.15) is 16.5 Å². The molecular formula is C19H28IN5O2S. The molecule has 1 fully saturated rings. The van der Waals surface area contributed by atoms with Crippen molar-refractivity contribution in [3.63, 3.8) is 0 Å². The maximum atomic E-state index is 5.51. The van der Waals surface area contributed by atoms with Gasteiger partial charge in [-0.1, -0.05) is 6.07 Å². The Morgan fingerprint density at radius 3 is 2.86 bits per heavy atom. The van der Waals surface area contributed by atoms with E-state index in [1.807, 2.05) is 12.1 Å². The minimum atomic E-state index is 0. The summed E-state index contributed by atoms with van der Waals surface area (Å²) >= 11 is 1.79. The molecule has 1 saturated heterocycles. The molecule has 2 aromatic rings. The van der Waals surface area contributed by atoms with Gasteiger partial charge >= 0.3 is 0 Å². The molecule has 2 aromatic heterocycles. The minimum absolute atomic E-state index is 0. The lowest BCUT2D eigenvalue weighted by atomic mass is 10.2. The van der Waals surface area contributed by atoms with Gasteiger partial charge in [0.2, 0.25) is 5.88 Å². The third-order valence-electron chi connectivity index (χ3n) is 4.51. The topological polar surface area (TPSA) is 71.0 Å². The molecule has 0 bridgehead atoms. The van der Waals surface area contributed by atoms with Crippen LogP contribution in [0.4, 0.5) is 0 Å². The number of morpholine rings is 1. The molecule has 1 aliphatic heterocycles. The number of hydrogen-bond acceptors (Lipinski definition) is 6. The Hall–Kier alpha value is -1.43. The summed E-state index contributed by atoms with van der Waals surface area (Å²) in [7, 11) is 3.41. The Morgan fingerprint density at radius 2 is 2.18 bits per heavy atom. The Morgan fingerprint density at radius 1 is 1.36 bits per heavy atom. The fraction of sp³-hybridized carbons (Fsp3) is 0.474. The SMILES string of the molecule is CN=C(NCc1ccnc(OC)c1)NCC(c1cccs1)N1CCOCC1.I. The largest absolute Gasteiger partial charge is 0.481 e. The van der Waals surface area contributed by atoms with Crippen LogP contribution in [0.5, 0.6) is 5.88 Å². The molecule has 154 valence electrons. The predicted octanol–water partition coefficient (Wildman–Crippen LogP) is 2.51. The van der Waals surface area contributed by atoms with E-state index in [-0.39, 0.29) is 24.0 Å². The number of aliphatic imine (C=N–C) groups is 1. The smallest absolute Gasteiger partial charge is 0.213 e. The molecule has 1 aliphatic rings. The summed E-state index contributed by atoms with van der Waals surface area (Å²) in [5, 5.41) is 8.96. The first-order valence-electron chi connectivity index (χ1n) is 9.09. The standard InChI is InChI=1S/C19H27N5O2S.HI/c1-20-19(22-13-15-5-6-21-18(12-15)25-2)23-14-16(17-4-3-11-27-17)24-7-9-26-10-8-24;/h3-6,11-12,16H,7-10,13-14H2,1-2H3,(H2,20,22,23);1H. The predicted molar refractivity (Wildman–Crippen MR) is 124 cm³/mol. The second kappa shape index (κ2) is 12.2. The average Bonchev–Trinajstić information content (AvgIpc) is 3.26. The van der Waals surface area contributed by atoms with E-state index in [2.05, 4.69) is 43.0 Å².